The predicted octanol–water partition coefficient (Wildman–Crippen LogP) is 3.46. The Labute approximate surface area is 173 Å². The fraction of sp³-hybridized carbons (Fsp3) is 0.368. The molecule has 0 atom stereocenters. The maximum Gasteiger partial charge on any atom is 0.230 e. The number of nitrogens with one attached hydrogen (secondary N) is 1. The van der Waals surface area contributed by atoms with Crippen LogP contribution in [0.1, 0.15) is 31.3 Å². The third-order valence-electron chi connectivity index (χ3n) is 4.31. The lowest BCUT2D eigenvalue weighted by atomic mass is 10.2. The number of hydrogen-bond donors (Lipinski definition) is 1. The molecule has 0 saturated heterocycles. The zero-order chi connectivity index (χ0) is 20.1. The van der Waals surface area contributed by atoms with Crippen LogP contribution in [0.5, 0.6) is 0 Å². The molecule has 28 heavy (non-hydrogen) atoms. The van der Waals surface area contributed by atoms with Crippen LogP contribution >= 0.6 is 23.4 Å². The third-order valence-corrected chi connectivity index (χ3v) is 5.69. The van der Waals surface area contributed by atoms with Gasteiger partial charge in [-0.3, -0.25) is 9.36 Å². The van der Waals surface area contributed by atoms with E-state index in [1.54, 1.807) is 12.5 Å². The van der Waals surface area contributed by atoms with E-state index in [4.69, 9.17) is 11.6 Å². The van der Waals surface area contributed by atoms with E-state index in [9.17, 15) is 4.79 Å². The number of carbonyl (C=O) groups excluding carboxylic acids is 1. The van der Waals surface area contributed by atoms with E-state index in [2.05, 4.69) is 34.3 Å². The van der Waals surface area contributed by atoms with E-state index in [1.165, 1.54) is 11.8 Å². The van der Waals surface area contributed by atoms with E-state index in [0.717, 1.165) is 22.2 Å². The van der Waals surface area contributed by atoms with Crippen LogP contribution in [-0.4, -0.2) is 42.5 Å². The van der Waals surface area contributed by atoms with Crippen molar-refractivity contribution in [3.63, 3.8) is 0 Å². The number of rotatable bonds is 8. The summed E-state index contributed by atoms with van der Waals surface area (Å²) in [7, 11) is 0. The number of benzene rings is 1. The lowest BCUT2D eigenvalue weighted by Crippen LogP contribution is -2.28. The first kappa shape index (κ1) is 20.4. The Morgan fingerprint density at radius 3 is 2.96 bits per heavy atom. The molecule has 0 spiro atoms. The number of aromatic nitrogens is 5. The smallest absolute Gasteiger partial charge is 0.230 e. The average molecular weight is 419 g/mol. The van der Waals surface area contributed by atoms with Crippen molar-refractivity contribution in [3.8, 4) is 5.69 Å². The van der Waals surface area contributed by atoms with Gasteiger partial charge in [0.05, 0.1) is 11.4 Å². The van der Waals surface area contributed by atoms with Crippen LogP contribution in [-0.2, 0) is 11.2 Å². The van der Waals surface area contributed by atoms with Crippen molar-refractivity contribution < 1.29 is 4.79 Å². The highest BCUT2D eigenvalue weighted by molar-refractivity contribution is 7.99. The van der Waals surface area contributed by atoms with Crippen LogP contribution in [0, 0.1) is 6.92 Å². The van der Waals surface area contributed by atoms with E-state index in [-0.39, 0.29) is 11.7 Å². The minimum absolute atomic E-state index is 0.0435. The number of halogens is 1. The van der Waals surface area contributed by atoms with Gasteiger partial charge in [0, 0.05) is 36.4 Å². The summed E-state index contributed by atoms with van der Waals surface area (Å²) in [6.07, 6.45) is 5.96. The summed E-state index contributed by atoms with van der Waals surface area (Å²) < 4.78 is 3.95. The molecule has 0 bridgehead atoms. The maximum absolute atomic E-state index is 12.2. The Hall–Kier alpha value is -2.32. The first-order valence-corrected chi connectivity index (χ1v) is 10.4. The summed E-state index contributed by atoms with van der Waals surface area (Å²) in [6, 6.07) is 6.04. The van der Waals surface area contributed by atoms with Crippen molar-refractivity contribution >= 4 is 29.3 Å². The topological polar surface area (TPSA) is 77.6 Å². The summed E-state index contributed by atoms with van der Waals surface area (Å²) in [5, 5.41) is 12.4. The molecular weight excluding hydrogens is 396 g/mol. The molecular formula is C19H23ClN6OS. The maximum atomic E-state index is 12.2. The highest BCUT2D eigenvalue weighted by atomic mass is 35.5. The molecule has 0 aliphatic heterocycles. The summed E-state index contributed by atoms with van der Waals surface area (Å²) in [5.41, 5.74) is 1.93. The molecule has 2 heterocycles. The minimum Gasteiger partial charge on any atom is -0.355 e. The van der Waals surface area contributed by atoms with Crippen molar-refractivity contribution in [2.45, 2.75) is 38.4 Å². The van der Waals surface area contributed by atoms with Gasteiger partial charge in [-0.1, -0.05) is 29.4 Å². The molecule has 0 saturated carbocycles. The SMILES string of the molecule is Cc1c(Cl)cccc1-n1ccnc1SCC(=O)NCCc1nncn1C(C)C. The Morgan fingerprint density at radius 2 is 2.18 bits per heavy atom. The van der Waals surface area contributed by atoms with Crippen LogP contribution in [0.2, 0.25) is 5.02 Å². The van der Waals surface area contributed by atoms with Gasteiger partial charge in [0.25, 0.3) is 0 Å². The van der Waals surface area contributed by atoms with Gasteiger partial charge in [-0.05, 0) is 38.5 Å². The molecule has 0 unspecified atom stereocenters. The van der Waals surface area contributed by atoms with E-state index in [0.29, 0.717) is 24.0 Å². The zero-order valence-electron chi connectivity index (χ0n) is 16.1. The first-order valence-electron chi connectivity index (χ1n) is 9.04. The molecule has 0 aliphatic carbocycles. The minimum atomic E-state index is -0.0435. The monoisotopic (exact) mass is 418 g/mol. The van der Waals surface area contributed by atoms with E-state index >= 15 is 0 Å². The molecule has 1 N–H and O–H groups in total. The second-order valence-corrected chi connectivity index (χ2v) is 7.95. The number of amides is 1. The molecule has 3 rings (SSSR count). The number of imidazole rings is 1. The highest BCUT2D eigenvalue weighted by Crippen LogP contribution is 2.26. The van der Waals surface area contributed by atoms with Crippen LogP contribution in [0.25, 0.3) is 5.69 Å². The van der Waals surface area contributed by atoms with Crippen molar-refractivity contribution in [1.29, 1.82) is 0 Å². The van der Waals surface area contributed by atoms with Crippen molar-refractivity contribution in [2.24, 2.45) is 0 Å². The summed E-state index contributed by atoms with van der Waals surface area (Å²) in [6.45, 7) is 6.64. The molecule has 2 aromatic heterocycles. The standard InChI is InChI=1S/C19H23ClN6OS/c1-13(2)26-12-23-24-17(26)7-8-21-18(27)11-28-19-22-9-10-25(19)16-6-4-5-15(20)14(16)3/h4-6,9-10,12-13H,7-8,11H2,1-3H3,(H,21,27). The van der Waals surface area contributed by atoms with Gasteiger partial charge in [0.15, 0.2) is 5.16 Å². The second kappa shape index (κ2) is 9.25. The van der Waals surface area contributed by atoms with Crippen LogP contribution in [0.4, 0.5) is 0 Å². The third kappa shape index (κ3) is 4.74. The molecule has 3 aromatic rings. The second-order valence-electron chi connectivity index (χ2n) is 6.60. The van der Waals surface area contributed by atoms with Crippen LogP contribution in [0.15, 0.2) is 42.1 Å². The van der Waals surface area contributed by atoms with Gasteiger partial charge in [-0.2, -0.15) is 0 Å². The normalized spacial score (nSPS) is 11.2. The summed E-state index contributed by atoms with van der Waals surface area (Å²) in [5.74, 6) is 1.11. The largest absolute Gasteiger partial charge is 0.355 e. The summed E-state index contributed by atoms with van der Waals surface area (Å²) in [4.78, 5) is 16.6. The first-order chi connectivity index (χ1) is 13.5. The molecule has 7 nitrogen and oxygen atoms in total. The predicted molar refractivity (Wildman–Crippen MR) is 111 cm³/mol. The Kier molecular flexibility index (Phi) is 6.74. The Bertz CT molecular complexity index is 952. The molecule has 0 radical (unpaired) electrons. The summed E-state index contributed by atoms with van der Waals surface area (Å²) >= 11 is 7.62. The molecule has 0 fully saturated rings. The van der Waals surface area contributed by atoms with E-state index < -0.39 is 0 Å². The molecule has 0 aliphatic rings. The molecule has 148 valence electrons. The number of thioether (sulfide) groups is 1. The average Bonchev–Trinajstić information content (AvgIpc) is 3.31. The van der Waals surface area contributed by atoms with Crippen molar-refractivity contribution in [1.82, 2.24) is 29.6 Å². The van der Waals surface area contributed by atoms with Gasteiger partial charge in [-0.15, -0.1) is 10.2 Å². The van der Waals surface area contributed by atoms with Gasteiger partial charge in [0.2, 0.25) is 5.91 Å². The van der Waals surface area contributed by atoms with Gasteiger partial charge >= 0.3 is 0 Å². The lowest BCUT2D eigenvalue weighted by molar-refractivity contribution is -0.118. The fourth-order valence-corrected chi connectivity index (χ4v) is 3.77. The number of nitrogens with zero attached hydrogens (tertiary/aromatic N) is 5. The lowest BCUT2D eigenvalue weighted by Gasteiger charge is -2.12. The van der Waals surface area contributed by atoms with Crippen molar-refractivity contribution in [2.75, 3.05) is 12.3 Å². The number of hydrogen-bond acceptors (Lipinski definition) is 5. The zero-order valence-corrected chi connectivity index (χ0v) is 17.7. The fourth-order valence-electron chi connectivity index (χ4n) is 2.81. The van der Waals surface area contributed by atoms with Crippen LogP contribution < -0.4 is 5.32 Å². The van der Waals surface area contributed by atoms with Crippen molar-refractivity contribution in [3.05, 3.63) is 53.3 Å². The Balaban J connectivity index is 1.54. The molecule has 9 heteroatoms. The van der Waals surface area contributed by atoms with Gasteiger partial charge < -0.3 is 9.88 Å². The molecule has 1 aromatic carbocycles. The highest BCUT2D eigenvalue weighted by Gasteiger charge is 2.12. The quantitative estimate of drug-likeness (QED) is 0.567. The van der Waals surface area contributed by atoms with Gasteiger partial charge in [-0.25, -0.2) is 4.98 Å². The van der Waals surface area contributed by atoms with Crippen LogP contribution in [0.3, 0.4) is 0 Å². The number of carbonyl (C=O) groups is 1. The molecule has 1 amide bonds. The Morgan fingerprint density at radius 1 is 1.36 bits per heavy atom. The van der Waals surface area contributed by atoms with E-state index in [1.807, 2.05) is 40.5 Å². The van der Waals surface area contributed by atoms with Gasteiger partial charge in [0.1, 0.15) is 12.2 Å².